The molecule has 0 saturated carbocycles. The number of amides is 1. The number of carbonyl (C=O) groups excluding carboxylic acids is 1. The van der Waals surface area contributed by atoms with Gasteiger partial charge in [0.1, 0.15) is 0 Å². The predicted molar refractivity (Wildman–Crippen MR) is 139 cm³/mol. The topological polar surface area (TPSA) is 68.2 Å². The molecule has 1 amide bonds. The van der Waals surface area contributed by atoms with Crippen LogP contribution in [0.25, 0.3) is 0 Å². The Balaban J connectivity index is 0.00000480. The van der Waals surface area contributed by atoms with Crippen molar-refractivity contribution in [1.82, 2.24) is 15.1 Å². The molecule has 1 fully saturated rings. The molecule has 8 heteroatoms. The zero-order chi connectivity index (χ0) is 21.9. The van der Waals surface area contributed by atoms with E-state index < -0.39 is 0 Å². The number of hydrogen-bond donors (Lipinski definition) is 2. The number of nitrogens with zero attached hydrogens (tertiary/aromatic N) is 3. The van der Waals surface area contributed by atoms with Crippen LogP contribution in [0.2, 0.25) is 5.02 Å². The fourth-order valence-electron chi connectivity index (χ4n) is 3.88. The molecule has 176 valence electrons. The van der Waals surface area contributed by atoms with Crippen LogP contribution in [-0.2, 0) is 11.2 Å². The normalized spacial score (nSPS) is 15.6. The van der Waals surface area contributed by atoms with Crippen LogP contribution in [0.4, 0.5) is 0 Å². The van der Waals surface area contributed by atoms with Crippen molar-refractivity contribution in [3.8, 4) is 0 Å². The standard InChI is InChI=1S/C23H37ClN4O2.HI/c1-4-25-23(26-17-20(8-13-29)14-18(2)3)28-11-9-27(10-12-28)22(30)16-19-6-5-7-21(24)15-19;/h5-7,15,18,20,29H,4,8-14,16-17H2,1-3H3,(H,25,26);1H. The molecule has 1 saturated heterocycles. The third-order valence-corrected chi connectivity index (χ3v) is 5.59. The zero-order valence-corrected chi connectivity index (χ0v) is 22.1. The molecule has 1 unspecified atom stereocenters. The summed E-state index contributed by atoms with van der Waals surface area (Å²) < 4.78 is 0. The Kier molecular flexibility index (Phi) is 13.4. The fourth-order valence-corrected chi connectivity index (χ4v) is 4.09. The van der Waals surface area contributed by atoms with E-state index in [0.717, 1.165) is 50.5 Å². The lowest BCUT2D eigenvalue weighted by Gasteiger charge is -2.36. The second kappa shape index (κ2) is 14.9. The average molecular weight is 565 g/mol. The number of aliphatic imine (C=N–C) groups is 1. The molecular weight excluding hydrogens is 527 g/mol. The Labute approximate surface area is 209 Å². The smallest absolute Gasteiger partial charge is 0.227 e. The van der Waals surface area contributed by atoms with Gasteiger partial charge in [0.05, 0.1) is 6.42 Å². The van der Waals surface area contributed by atoms with E-state index in [2.05, 4.69) is 31.0 Å². The molecule has 1 aliphatic heterocycles. The molecule has 1 atom stereocenters. The molecule has 0 aliphatic carbocycles. The maximum absolute atomic E-state index is 12.7. The van der Waals surface area contributed by atoms with Crippen LogP contribution in [0, 0.1) is 11.8 Å². The van der Waals surface area contributed by atoms with E-state index in [0.29, 0.717) is 36.4 Å². The van der Waals surface area contributed by atoms with Gasteiger partial charge in [0.25, 0.3) is 0 Å². The number of guanidine groups is 1. The van der Waals surface area contributed by atoms with E-state index in [9.17, 15) is 9.90 Å². The summed E-state index contributed by atoms with van der Waals surface area (Å²) in [5, 5.41) is 13.4. The van der Waals surface area contributed by atoms with E-state index in [1.807, 2.05) is 29.2 Å². The van der Waals surface area contributed by atoms with Crippen LogP contribution in [0.3, 0.4) is 0 Å². The van der Waals surface area contributed by atoms with E-state index in [4.69, 9.17) is 16.6 Å². The van der Waals surface area contributed by atoms with Crippen LogP contribution in [-0.4, -0.2) is 72.6 Å². The lowest BCUT2D eigenvalue weighted by molar-refractivity contribution is -0.131. The summed E-state index contributed by atoms with van der Waals surface area (Å²) in [6.45, 7) is 11.1. The highest BCUT2D eigenvalue weighted by molar-refractivity contribution is 14.0. The maximum atomic E-state index is 12.7. The van der Waals surface area contributed by atoms with Gasteiger partial charge >= 0.3 is 0 Å². The molecule has 1 heterocycles. The van der Waals surface area contributed by atoms with Crippen LogP contribution in [0.15, 0.2) is 29.3 Å². The summed E-state index contributed by atoms with van der Waals surface area (Å²) in [7, 11) is 0. The molecule has 1 aromatic rings. The Morgan fingerprint density at radius 1 is 1.23 bits per heavy atom. The molecule has 1 aromatic carbocycles. The fraction of sp³-hybridized carbons (Fsp3) is 0.652. The highest BCUT2D eigenvalue weighted by Gasteiger charge is 2.23. The monoisotopic (exact) mass is 564 g/mol. The maximum Gasteiger partial charge on any atom is 0.227 e. The van der Waals surface area contributed by atoms with Gasteiger partial charge in [0.15, 0.2) is 5.96 Å². The van der Waals surface area contributed by atoms with Crippen molar-refractivity contribution >= 4 is 47.4 Å². The third kappa shape index (κ3) is 9.95. The molecule has 1 aliphatic rings. The van der Waals surface area contributed by atoms with Crippen LogP contribution in [0.1, 0.15) is 39.2 Å². The highest BCUT2D eigenvalue weighted by atomic mass is 127. The number of nitrogens with one attached hydrogen (secondary N) is 1. The van der Waals surface area contributed by atoms with Gasteiger partial charge in [-0.2, -0.15) is 0 Å². The molecule has 2 rings (SSSR count). The van der Waals surface area contributed by atoms with E-state index >= 15 is 0 Å². The number of hydrogen-bond acceptors (Lipinski definition) is 3. The summed E-state index contributed by atoms with van der Waals surface area (Å²) >= 11 is 6.03. The van der Waals surface area contributed by atoms with Crippen LogP contribution < -0.4 is 5.32 Å². The van der Waals surface area contributed by atoms with Crippen LogP contribution >= 0.6 is 35.6 Å². The first-order chi connectivity index (χ1) is 14.4. The van der Waals surface area contributed by atoms with Gasteiger partial charge in [-0.15, -0.1) is 24.0 Å². The minimum atomic E-state index is 0. The van der Waals surface area contributed by atoms with Crippen molar-refractivity contribution in [2.24, 2.45) is 16.8 Å². The molecule has 6 nitrogen and oxygen atoms in total. The molecule has 0 bridgehead atoms. The molecule has 0 radical (unpaired) electrons. The Morgan fingerprint density at radius 2 is 1.90 bits per heavy atom. The summed E-state index contributed by atoms with van der Waals surface area (Å²) in [6, 6.07) is 7.50. The van der Waals surface area contributed by atoms with Gasteiger partial charge in [-0.25, -0.2) is 0 Å². The van der Waals surface area contributed by atoms with Gasteiger partial charge in [-0.05, 0) is 49.3 Å². The van der Waals surface area contributed by atoms with E-state index in [1.165, 1.54) is 0 Å². The molecular formula is C23H38ClIN4O2. The lowest BCUT2D eigenvalue weighted by atomic mass is 9.94. The van der Waals surface area contributed by atoms with E-state index in [-0.39, 0.29) is 36.5 Å². The largest absolute Gasteiger partial charge is 0.396 e. The second-order valence-corrected chi connectivity index (χ2v) is 8.81. The van der Waals surface area contributed by atoms with Gasteiger partial charge in [0.2, 0.25) is 5.91 Å². The van der Waals surface area contributed by atoms with Gasteiger partial charge < -0.3 is 20.2 Å². The van der Waals surface area contributed by atoms with Gasteiger partial charge in [0, 0.05) is 50.9 Å². The Morgan fingerprint density at radius 3 is 2.48 bits per heavy atom. The summed E-state index contributed by atoms with van der Waals surface area (Å²) in [6.07, 6.45) is 2.23. The van der Waals surface area contributed by atoms with E-state index in [1.54, 1.807) is 0 Å². The number of piperazine rings is 1. The highest BCUT2D eigenvalue weighted by Crippen LogP contribution is 2.16. The number of aliphatic hydroxyl groups excluding tert-OH is 1. The number of benzene rings is 1. The Bertz CT molecular complexity index is 694. The predicted octanol–water partition coefficient (Wildman–Crippen LogP) is 3.65. The molecule has 2 N–H and O–H groups in total. The van der Waals surface area contributed by atoms with Crippen LogP contribution in [0.5, 0.6) is 0 Å². The third-order valence-electron chi connectivity index (χ3n) is 5.35. The van der Waals surface area contributed by atoms with Crippen molar-refractivity contribution in [3.63, 3.8) is 0 Å². The van der Waals surface area contributed by atoms with Crippen molar-refractivity contribution in [2.45, 2.75) is 40.0 Å². The summed E-state index contributed by atoms with van der Waals surface area (Å²) in [5.41, 5.74) is 0.949. The summed E-state index contributed by atoms with van der Waals surface area (Å²) in [5.74, 6) is 2.03. The average Bonchev–Trinajstić information content (AvgIpc) is 2.71. The SMILES string of the molecule is CCNC(=NCC(CCO)CC(C)C)N1CCN(C(=O)Cc2cccc(Cl)c2)CC1.I. The second-order valence-electron chi connectivity index (χ2n) is 8.38. The molecule has 0 spiro atoms. The minimum absolute atomic E-state index is 0. The molecule has 0 aromatic heterocycles. The number of aliphatic hydroxyl groups is 1. The summed E-state index contributed by atoms with van der Waals surface area (Å²) in [4.78, 5) is 21.7. The first kappa shape index (κ1) is 28.0. The number of halogens is 2. The van der Waals surface area contributed by atoms with Gasteiger partial charge in [-0.1, -0.05) is 37.6 Å². The Hall–Kier alpha value is -1.06. The quantitative estimate of drug-likeness (QED) is 0.273. The number of carbonyl (C=O) groups is 1. The van der Waals surface area contributed by atoms with Crippen molar-refractivity contribution in [3.05, 3.63) is 34.9 Å². The first-order valence-corrected chi connectivity index (χ1v) is 11.5. The number of rotatable bonds is 9. The van der Waals surface area contributed by atoms with Crippen molar-refractivity contribution in [2.75, 3.05) is 45.9 Å². The zero-order valence-electron chi connectivity index (χ0n) is 19.0. The first-order valence-electron chi connectivity index (χ1n) is 11.1. The molecule has 31 heavy (non-hydrogen) atoms. The van der Waals surface area contributed by atoms with Gasteiger partial charge in [-0.3, -0.25) is 9.79 Å². The van der Waals surface area contributed by atoms with Crippen molar-refractivity contribution < 1.29 is 9.90 Å². The van der Waals surface area contributed by atoms with Crippen molar-refractivity contribution in [1.29, 1.82) is 0 Å². The lowest BCUT2D eigenvalue weighted by Crippen LogP contribution is -2.54. The minimum Gasteiger partial charge on any atom is -0.396 e.